The van der Waals surface area contributed by atoms with Crippen LogP contribution in [0.2, 0.25) is 0 Å². The molecule has 2 aromatic rings. The van der Waals surface area contributed by atoms with Gasteiger partial charge in [0.15, 0.2) is 5.82 Å². The van der Waals surface area contributed by atoms with Crippen LogP contribution in [0.4, 0.5) is 5.82 Å². The SMILES string of the molecule is COc1cc(NC(C)c2cnccn2)nn1C. The fraction of sp³-hybridized carbons (Fsp3) is 0.364. The van der Waals surface area contributed by atoms with Crippen LogP contribution in [-0.4, -0.2) is 26.9 Å². The molecule has 2 heterocycles. The van der Waals surface area contributed by atoms with Crippen molar-refractivity contribution in [3.05, 3.63) is 30.4 Å². The molecule has 0 aromatic carbocycles. The van der Waals surface area contributed by atoms with Gasteiger partial charge in [0.2, 0.25) is 5.88 Å². The van der Waals surface area contributed by atoms with E-state index in [-0.39, 0.29) is 6.04 Å². The van der Waals surface area contributed by atoms with Crippen molar-refractivity contribution in [3.8, 4) is 5.88 Å². The van der Waals surface area contributed by atoms with Crippen molar-refractivity contribution in [3.63, 3.8) is 0 Å². The second-order valence-electron chi connectivity index (χ2n) is 3.69. The highest BCUT2D eigenvalue weighted by atomic mass is 16.5. The lowest BCUT2D eigenvalue weighted by molar-refractivity contribution is 0.373. The first kappa shape index (κ1) is 11.4. The number of rotatable bonds is 4. The number of anilines is 1. The summed E-state index contributed by atoms with van der Waals surface area (Å²) in [5.41, 5.74) is 0.872. The van der Waals surface area contributed by atoms with Gasteiger partial charge in [-0.3, -0.25) is 9.97 Å². The molecule has 0 amide bonds. The maximum atomic E-state index is 5.15. The third-order valence-corrected chi connectivity index (χ3v) is 2.44. The molecule has 0 spiro atoms. The molecule has 2 rings (SSSR count). The molecule has 0 aliphatic rings. The second kappa shape index (κ2) is 4.82. The zero-order valence-corrected chi connectivity index (χ0v) is 10.1. The first-order valence-electron chi connectivity index (χ1n) is 5.31. The minimum Gasteiger partial charge on any atom is -0.481 e. The van der Waals surface area contributed by atoms with E-state index in [0.717, 1.165) is 11.5 Å². The van der Waals surface area contributed by atoms with Gasteiger partial charge in [-0.1, -0.05) is 0 Å². The third kappa shape index (κ3) is 2.52. The monoisotopic (exact) mass is 233 g/mol. The Balaban J connectivity index is 2.10. The zero-order chi connectivity index (χ0) is 12.3. The predicted octanol–water partition coefficient (Wildman–Crippen LogP) is 1.39. The number of methoxy groups -OCH3 is 1. The van der Waals surface area contributed by atoms with Crippen LogP contribution in [0.5, 0.6) is 5.88 Å². The van der Waals surface area contributed by atoms with Gasteiger partial charge in [-0.05, 0) is 6.92 Å². The van der Waals surface area contributed by atoms with Crippen molar-refractivity contribution >= 4 is 5.82 Å². The fourth-order valence-corrected chi connectivity index (χ4v) is 1.54. The molecule has 0 radical (unpaired) electrons. The molecule has 1 atom stereocenters. The molecule has 0 fully saturated rings. The van der Waals surface area contributed by atoms with Gasteiger partial charge in [-0.2, -0.15) is 5.10 Å². The van der Waals surface area contributed by atoms with Crippen molar-refractivity contribution < 1.29 is 4.74 Å². The summed E-state index contributed by atoms with van der Waals surface area (Å²) < 4.78 is 6.82. The minimum atomic E-state index is 0.0447. The van der Waals surface area contributed by atoms with Crippen LogP contribution in [0.15, 0.2) is 24.7 Å². The summed E-state index contributed by atoms with van der Waals surface area (Å²) in [6, 6.07) is 1.88. The summed E-state index contributed by atoms with van der Waals surface area (Å²) in [4.78, 5) is 8.27. The first-order valence-corrected chi connectivity index (χ1v) is 5.31. The smallest absolute Gasteiger partial charge is 0.213 e. The Morgan fingerprint density at radius 3 is 2.82 bits per heavy atom. The molecule has 0 saturated carbocycles. The average Bonchev–Trinajstić information content (AvgIpc) is 2.70. The van der Waals surface area contributed by atoms with Crippen molar-refractivity contribution in [2.24, 2.45) is 7.05 Å². The van der Waals surface area contributed by atoms with Crippen molar-refractivity contribution in [2.45, 2.75) is 13.0 Å². The van der Waals surface area contributed by atoms with Gasteiger partial charge >= 0.3 is 0 Å². The summed E-state index contributed by atoms with van der Waals surface area (Å²) in [6.07, 6.45) is 5.06. The molecule has 17 heavy (non-hydrogen) atoms. The molecule has 6 nitrogen and oxygen atoms in total. The molecule has 1 unspecified atom stereocenters. The Morgan fingerprint density at radius 2 is 2.24 bits per heavy atom. The van der Waals surface area contributed by atoms with Gasteiger partial charge in [-0.15, -0.1) is 0 Å². The highest BCUT2D eigenvalue weighted by molar-refractivity contribution is 5.40. The number of ether oxygens (including phenoxy) is 1. The Labute approximate surface area is 99.7 Å². The second-order valence-corrected chi connectivity index (χ2v) is 3.69. The number of hydrogen-bond donors (Lipinski definition) is 1. The molecule has 0 saturated heterocycles. The summed E-state index contributed by atoms with van der Waals surface area (Å²) in [5.74, 6) is 1.46. The van der Waals surface area contributed by atoms with Gasteiger partial charge < -0.3 is 10.1 Å². The standard InChI is InChI=1S/C11H15N5O/c1-8(9-7-12-4-5-13-9)14-10-6-11(17-3)16(2)15-10/h4-8H,1-3H3,(H,14,15). The van der Waals surface area contributed by atoms with E-state index in [0.29, 0.717) is 5.88 Å². The van der Waals surface area contributed by atoms with Gasteiger partial charge in [-0.25, -0.2) is 4.68 Å². The van der Waals surface area contributed by atoms with Crippen molar-refractivity contribution in [2.75, 3.05) is 12.4 Å². The van der Waals surface area contributed by atoms with Crippen molar-refractivity contribution in [1.82, 2.24) is 19.7 Å². The van der Waals surface area contributed by atoms with Crippen LogP contribution in [0, 0.1) is 0 Å². The normalized spacial score (nSPS) is 12.2. The highest BCUT2D eigenvalue weighted by Gasteiger charge is 2.10. The van der Waals surface area contributed by atoms with E-state index in [1.807, 2.05) is 20.0 Å². The molecule has 2 aromatic heterocycles. The van der Waals surface area contributed by atoms with Crippen LogP contribution >= 0.6 is 0 Å². The van der Waals surface area contributed by atoms with Crippen LogP contribution in [0.1, 0.15) is 18.7 Å². The van der Waals surface area contributed by atoms with Crippen LogP contribution in [0.25, 0.3) is 0 Å². The molecule has 0 aliphatic carbocycles. The van der Waals surface area contributed by atoms with E-state index in [9.17, 15) is 0 Å². The van der Waals surface area contributed by atoms with E-state index in [1.165, 1.54) is 0 Å². The van der Waals surface area contributed by atoms with E-state index in [2.05, 4.69) is 20.4 Å². The van der Waals surface area contributed by atoms with Gasteiger partial charge in [0.1, 0.15) is 0 Å². The van der Waals surface area contributed by atoms with Crippen LogP contribution in [0.3, 0.4) is 0 Å². The van der Waals surface area contributed by atoms with Gasteiger partial charge in [0.25, 0.3) is 0 Å². The lowest BCUT2D eigenvalue weighted by Gasteiger charge is -2.11. The summed E-state index contributed by atoms with van der Waals surface area (Å²) in [5, 5.41) is 7.52. The Bertz CT molecular complexity index is 482. The molecule has 0 aliphatic heterocycles. The fourth-order valence-electron chi connectivity index (χ4n) is 1.54. The first-order chi connectivity index (χ1) is 8.20. The zero-order valence-electron chi connectivity index (χ0n) is 10.1. The van der Waals surface area contributed by atoms with E-state index in [1.54, 1.807) is 30.4 Å². The van der Waals surface area contributed by atoms with Gasteiger partial charge in [0, 0.05) is 25.5 Å². The molecule has 1 N–H and O–H groups in total. The number of nitrogens with one attached hydrogen (secondary N) is 1. The lowest BCUT2D eigenvalue weighted by atomic mass is 10.2. The quantitative estimate of drug-likeness (QED) is 0.864. The predicted molar refractivity (Wildman–Crippen MR) is 63.8 cm³/mol. The largest absolute Gasteiger partial charge is 0.481 e. The topological polar surface area (TPSA) is 64.9 Å². The van der Waals surface area contributed by atoms with Crippen molar-refractivity contribution in [1.29, 1.82) is 0 Å². The molecule has 6 heteroatoms. The highest BCUT2D eigenvalue weighted by Crippen LogP contribution is 2.19. The molecular formula is C11H15N5O. The van der Waals surface area contributed by atoms with Crippen LogP contribution in [-0.2, 0) is 7.05 Å². The third-order valence-electron chi connectivity index (χ3n) is 2.44. The average molecular weight is 233 g/mol. The van der Waals surface area contributed by atoms with E-state index in [4.69, 9.17) is 4.74 Å². The summed E-state index contributed by atoms with van der Waals surface area (Å²) >= 11 is 0. The number of aromatic nitrogens is 4. The van der Waals surface area contributed by atoms with Gasteiger partial charge in [0.05, 0.1) is 25.0 Å². The van der Waals surface area contributed by atoms with E-state index < -0.39 is 0 Å². The Hall–Kier alpha value is -2.11. The number of nitrogens with zero attached hydrogens (tertiary/aromatic N) is 4. The number of aryl methyl sites for hydroxylation is 1. The van der Waals surface area contributed by atoms with Crippen LogP contribution < -0.4 is 10.1 Å². The Kier molecular flexibility index (Phi) is 3.22. The lowest BCUT2D eigenvalue weighted by Crippen LogP contribution is -2.09. The maximum absolute atomic E-state index is 5.15. The molecule has 0 bridgehead atoms. The number of hydrogen-bond acceptors (Lipinski definition) is 5. The minimum absolute atomic E-state index is 0.0447. The molecule has 90 valence electrons. The molecular weight excluding hydrogens is 218 g/mol. The Morgan fingerprint density at radius 1 is 1.41 bits per heavy atom. The summed E-state index contributed by atoms with van der Waals surface area (Å²) in [7, 11) is 3.45. The summed E-state index contributed by atoms with van der Waals surface area (Å²) in [6.45, 7) is 2.01. The van der Waals surface area contributed by atoms with E-state index >= 15 is 0 Å². The maximum Gasteiger partial charge on any atom is 0.213 e.